The van der Waals surface area contributed by atoms with Crippen molar-refractivity contribution < 1.29 is 0 Å². The van der Waals surface area contributed by atoms with Crippen LogP contribution in [0.5, 0.6) is 0 Å². The minimum absolute atomic E-state index is 1.11. The first-order valence-corrected chi connectivity index (χ1v) is 50.4. The predicted octanol–water partition coefficient (Wildman–Crippen LogP) is 37.0. The number of aromatic nitrogens is 7. The fourth-order valence-electron chi connectivity index (χ4n) is 23.3. The Kier molecular flexibility index (Phi) is 20.8. The summed E-state index contributed by atoms with van der Waals surface area (Å²) >= 11 is 0. The van der Waals surface area contributed by atoms with Gasteiger partial charge in [-0.05, 0) is 265 Å². The van der Waals surface area contributed by atoms with Crippen LogP contribution < -0.4 is 9.80 Å². The molecule has 0 saturated carbocycles. The van der Waals surface area contributed by atoms with Crippen LogP contribution in [-0.2, 0) is 0 Å². The summed E-state index contributed by atoms with van der Waals surface area (Å²) in [7, 11) is 0. The first-order chi connectivity index (χ1) is 73.0. The van der Waals surface area contributed by atoms with Gasteiger partial charge < -0.3 is 41.8 Å². The Bertz CT molecular complexity index is 10100. The SMILES string of the molecule is c1ccc(-c2ccc(-n3c4ccccc4c4c5c6ccccc6n(-c6ccc(-n7c8ccccc8c8ccccc87)cc6)c5ccc43)cc2)cc1.c1ccc(-c2ccc(-n3c4ccccc4c4c5c6ccccc6n(-c6ccc(N(c7ccccc7)c7ccccc7)cc6)c5ccc43)cc2)cc1.c1ccc(N(c2ccccc2)c2ccc(-n3c4ccccc4c4c5c6ccccc6n(-c6ccccc6)c5ccc43)cc2)cc1. The molecular formula is C138H93N9. The Hall–Kier alpha value is -19.7. The van der Waals surface area contributed by atoms with Crippen molar-refractivity contribution in [1.82, 2.24) is 32.0 Å². The number of hydrogen-bond donors (Lipinski definition) is 0. The number of nitrogens with zero attached hydrogens (tertiary/aromatic N) is 9. The zero-order chi connectivity index (χ0) is 96.9. The lowest BCUT2D eigenvalue weighted by Gasteiger charge is -2.25. The van der Waals surface area contributed by atoms with Crippen LogP contribution >= 0.6 is 0 Å². The third kappa shape index (κ3) is 14.3. The zero-order valence-corrected chi connectivity index (χ0v) is 80.2. The van der Waals surface area contributed by atoms with E-state index in [-0.39, 0.29) is 0 Å². The van der Waals surface area contributed by atoms with Gasteiger partial charge in [-0.25, -0.2) is 0 Å². The van der Waals surface area contributed by atoms with E-state index in [1.807, 2.05) is 0 Å². The summed E-state index contributed by atoms with van der Waals surface area (Å²) in [5.74, 6) is 0. The number of rotatable bonds is 15. The molecular weight excluding hydrogens is 1780 g/mol. The van der Waals surface area contributed by atoms with Crippen molar-refractivity contribution in [1.29, 1.82) is 0 Å². The normalized spacial score (nSPS) is 11.7. The molecule has 30 rings (SSSR count). The van der Waals surface area contributed by atoms with Gasteiger partial charge in [0.25, 0.3) is 0 Å². The Balaban J connectivity index is 0.000000107. The predicted molar refractivity (Wildman–Crippen MR) is 620 cm³/mol. The van der Waals surface area contributed by atoms with Crippen molar-refractivity contribution in [3.05, 3.63) is 564 Å². The van der Waals surface area contributed by atoms with Gasteiger partial charge in [0.2, 0.25) is 0 Å². The minimum atomic E-state index is 1.11. The van der Waals surface area contributed by atoms with Gasteiger partial charge >= 0.3 is 0 Å². The molecule has 0 unspecified atom stereocenters. The average molecular weight is 1880 g/mol. The standard InChI is InChI=1S/C48H31N3.C48H33N3.C42H29N3/c1-2-12-32(13-3-1)33-22-24-34(25-23-33)50-43-20-10-6-16-39(43)47-45(50)30-31-46-48(47)40-17-7-11-21-44(40)51(46)36-28-26-35(27-29-36)49-41-18-8-4-14-37(41)38-15-5-9-19-42(38)49;1-4-14-34(15-5-1)35-24-26-39(27-25-35)50-43-22-12-10-20-41(43)47-45(50)32-33-46-48(47)42-21-11-13-23-44(42)51(46)40-30-28-38(29-31-40)49(36-16-6-2-7-17-36)37-18-8-3-9-19-37;1-4-14-30(15-5-1)43(31-16-6-2-7-17-31)33-24-26-34(27-25-33)45-38-23-13-11-21-36(38)42-40(45)29-28-39-41(42)35-20-10-12-22-37(35)44(39)32-18-8-3-9-19-32/h1-31H;1-33H;1-29H. The maximum atomic E-state index is 2.43. The van der Waals surface area contributed by atoms with E-state index in [2.05, 4.69) is 606 Å². The molecule has 23 aromatic carbocycles. The van der Waals surface area contributed by atoms with Crippen molar-refractivity contribution in [2.45, 2.75) is 0 Å². The molecule has 0 radical (unpaired) electrons. The van der Waals surface area contributed by atoms with Crippen LogP contribution in [0.2, 0.25) is 0 Å². The largest absolute Gasteiger partial charge is 0.311 e. The molecule has 0 aliphatic heterocycles. The van der Waals surface area contributed by atoms with E-state index in [1.54, 1.807) is 0 Å². The molecule has 7 heterocycles. The van der Waals surface area contributed by atoms with Gasteiger partial charge in [-0.2, -0.15) is 0 Å². The van der Waals surface area contributed by atoms with Gasteiger partial charge in [0.15, 0.2) is 0 Å². The Morgan fingerprint density at radius 3 is 0.463 bits per heavy atom. The van der Waals surface area contributed by atoms with Crippen LogP contribution in [0, 0.1) is 0 Å². The molecule has 0 fully saturated rings. The summed E-state index contributed by atoms with van der Waals surface area (Å²) in [6, 6.07) is 203. The zero-order valence-electron chi connectivity index (χ0n) is 80.2. The molecule has 7 aromatic heterocycles. The van der Waals surface area contributed by atoms with Crippen molar-refractivity contribution >= 4 is 187 Å². The molecule has 147 heavy (non-hydrogen) atoms. The third-order valence-electron chi connectivity index (χ3n) is 29.6. The first kappa shape index (κ1) is 85.3. The Morgan fingerprint density at radius 2 is 0.238 bits per heavy atom. The molecule has 0 amide bonds. The molecule has 0 N–H and O–H groups in total. The van der Waals surface area contributed by atoms with E-state index in [0.29, 0.717) is 0 Å². The molecule has 0 saturated heterocycles. The van der Waals surface area contributed by atoms with E-state index in [1.165, 1.54) is 181 Å². The lowest BCUT2D eigenvalue weighted by molar-refractivity contribution is 1.14. The van der Waals surface area contributed by atoms with E-state index < -0.39 is 0 Å². The number of fused-ring (bicyclic) bond motifs is 24. The molecule has 0 aliphatic carbocycles. The van der Waals surface area contributed by atoms with Gasteiger partial charge in [0.05, 0.1) is 77.2 Å². The van der Waals surface area contributed by atoms with Gasteiger partial charge in [-0.15, -0.1) is 0 Å². The maximum Gasteiger partial charge on any atom is 0.0548 e. The van der Waals surface area contributed by atoms with Crippen LogP contribution in [0.1, 0.15) is 0 Å². The summed E-state index contributed by atoms with van der Waals surface area (Å²) < 4.78 is 16.9. The van der Waals surface area contributed by atoms with Crippen molar-refractivity contribution in [2.75, 3.05) is 9.80 Å². The molecule has 690 valence electrons. The van der Waals surface area contributed by atoms with Crippen LogP contribution in [0.15, 0.2) is 564 Å². The second-order valence-corrected chi connectivity index (χ2v) is 37.8. The van der Waals surface area contributed by atoms with Crippen LogP contribution in [0.3, 0.4) is 0 Å². The Morgan fingerprint density at radius 1 is 0.0952 bits per heavy atom. The molecule has 0 spiro atoms. The maximum absolute atomic E-state index is 2.43. The number of hydrogen-bond acceptors (Lipinski definition) is 2. The second-order valence-electron chi connectivity index (χ2n) is 37.8. The summed E-state index contributed by atoms with van der Waals surface area (Å²) in [6.07, 6.45) is 0. The number of anilines is 6. The third-order valence-corrected chi connectivity index (χ3v) is 29.6. The highest BCUT2D eigenvalue weighted by atomic mass is 15.2. The van der Waals surface area contributed by atoms with E-state index in [4.69, 9.17) is 0 Å². The topological polar surface area (TPSA) is 41.0 Å². The summed E-state index contributed by atoms with van der Waals surface area (Å²) in [4.78, 5) is 4.61. The monoisotopic (exact) mass is 1880 g/mol. The lowest BCUT2D eigenvalue weighted by atomic mass is 10.1. The van der Waals surface area contributed by atoms with Crippen molar-refractivity contribution in [3.63, 3.8) is 0 Å². The fraction of sp³-hybridized carbons (Fsp3) is 0. The quantitative estimate of drug-likeness (QED) is 0.103. The summed E-state index contributed by atoms with van der Waals surface area (Å²) in [6.45, 7) is 0. The van der Waals surface area contributed by atoms with Crippen LogP contribution in [0.4, 0.5) is 34.1 Å². The lowest BCUT2D eigenvalue weighted by Crippen LogP contribution is -2.09. The summed E-state index contributed by atoms with van der Waals surface area (Å²) in [5, 5.41) is 17.8. The van der Waals surface area contributed by atoms with E-state index in [9.17, 15) is 0 Å². The van der Waals surface area contributed by atoms with Gasteiger partial charge in [0.1, 0.15) is 0 Å². The molecule has 9 heteroatoms. The molecule has 9 nitrogen and oxygen atoms in total. The molecule has 0 bridgehead atoms. The van der Waals surface area contributed by atoms with E-state index >= 15 is 0 Å². The van der Waals surface area contributed by atoms with Gasteiger partial charge in [-0.1, -0.05) is 322 Å². The Labute approximate surface area is 848 Å². The first-order valence-electron chi connectivity index (χ1n) is 50.4. The second kappa shape index (κ2) is 35.8. The van der Waals surface area contributed by atoms with Crippen LogP contribution in [0.25, 0.3) is 215 Å². The highest BCUT2D eigenvalue weighted by Crippen LogP contribution is 2.50. The highest BCUT2D eigenvalue weighted by Gasteiger charge is 2.28. The van der Waals surface area contributed by atoms with Gasteiger partial charge in [-0.3, -0.25) is 0 Å². The van der Waals surface area contributed by atoms with E-state index in [0.717, 1.165) is 68.2 Å². The average Bonchev–Trinajstić information content (AvgIpc) is 1.55. The minimum Gasteiger partial charge on any atom is -0.311 e. The molecule has 0 aliphatic rings. The highest BCUT2D eigenvalue weighted by molar-refractivity contribution is 6.32. The smallest absolute Gasteiger partial charge is 0.0548 e. The van der Waals surface area contributed by atoms with Crippen LogP contribution in [-0.4, -0.2) is 32.0 Å². The molecule has 0 atom stereocenters. The number of para-hydroxylation sites is 13. The fourth-order valence-corrected chi connectivity index (χ4v) is 23.3. The number of benzene rings is 23. The summed E-state index contributed by atoms with van der Waals surface area (Å²) in [5.41, 5.74) is 36.6. The van der Waals surface area contributed by atoms with Crippen molar-refractivity contribution in [3.8, 4) is 62.1 Å². The van der Waals surface area contributed by atoms with Crippen molar-refractivity contribution in [2.24, 2.45) is 0 Å². The van der Waals surface area contributed by atoms with Gasteiger partial charge in [0, 0.05) is 149 Å². The molecule has 30 aromatic rings.